The maximum Gasteiger partial charge on any atom is 0.338 e. The molecule has 0 amide bonds. The van der Waals surface area contributed by atoms with Crippen LogP contribution in [-0.2, 0) is 32.1 Å². The Kier molecular flexibility index (Phi) is 4.73. The number of hydrogen-bond acceptors (Lipinski definition) is 7. The Morgan fingerprint density at radius 3 is 2.36 bits per heavy atom. The minimum absolute atomic E-state index is 0.0657. The molecule has 2 saturated heterocycles. The summed E-state index contributed by atoms with van der Waals surface area (Å²) in [4.78, 5) is 49.0. The van der Waals surface area contributed by atoms with Crippen molar-refractivity contribution >= 4 is 5.97 Å². The maximum atomic E-state index is 12.6. The van der Waals surface area contributed by atoms with E-state index in [2.05, 4.69) is 6.58 Å². The highest BCUT2D eigenvalue weighted by molar-refractivity contribution is 5.86. The third kappa shape index (κ3) is 3.49. The molecular formula is C15H19N3O7. The lowest BCUT2D eigenvalue weighted by Crippen LogP contribution is -2.57. The van der Waals surface area contributed by atoms with Gasteiger partial charge in [-0.25, -0.2) is 32.9 Å². The van der Waals surface area contributed by atoms with Gasteiger partial charge in [0.05, 0.1) is 32.4 Å². The smallest absolute Gasteiger partial charge is 0.338 e. The van der Waals surface area contributed by atoms with Gasteiger partial charge in [-0.1, -0.05) is 6.58 Å². The molecule has 0 radical (unpaired) electrons. The zero-order chi connectivity index (χ0) is 18.1. The average Bonchev–Trinajstić information content (AvgIpc) is 3.33. The number of esters is 1. The van der Waals surface area contributed by atoms with Gasteiger partial charge in [0.2, 0.25) is 0 Å². The Hall–Kier alpha value is -2.46. The molecule has 2 aliphatic heterocycles. The van der Waals surface area contributed by atoms with E-state index in [1.807, 2.05) is 0 Å². The largest absolute Gasteiger partial charge is 0.460 e. The minimum Gasteiger partial charge on any atom is -0.460 e. The molecule has 2 atom stereocenters. The molecule has 2 unspecified atom stereocenters. The SMILES string of the molecule is C=C(C)C(=O)OCCn1c(=O)n(CC2CO2)c(=O)n(C2CCO2)c1=O. The predicted molar refractivity (Wildman–Crippen MR) is 84.3 cm³/mol. The van der Waals surface area contributed by atoms with E-state index in [0.717, 1.165) is 13.7 Å². The summed E-state index contributed by atoms with van der Waals surface area (Å²) in [5, 5.41) is 0. The van der Waals surface area contributed by atoms with E-state index in [9.17, 15) is 19.2 Å². The summed E-state index contributed by atoms with van der Waals surface area (Å²) in [5.74, 6) is -0.615. The summed E-state index contributed by atoms with van der Waals surface area (Å²) in [5.41, 5.74) is -2.04. The van der Waals surface area contributed by atoms with Crippen molar-refractivity contribution in [2.24, 2.45) is 0 Å². The third-order valence-electron chi connectivity index (χ3n) is 3.98. The number of epoxide rings is 1. The maximum absolute atomic E-state index is 12.6. The van der Waals surface area contributed by atoms with E-state index in [-0.39, 0.29) is 31.4 Å². The van der Waals surface area contributed by atoms with Gasteiger partial charge in [-0.15, -0.1) is 0 Å². The zero-order valence-corrected chi connectivity index (χ0v) is 13.8. The molecule has 0 aromatic carbocycles. The Morgan fingerprint density at radius 1 is 1.20 bits per heavy atom. The van der Waals surface area contributed by atoms with Crippen LogP contribution in [0.25, 0.3) is 0 Å². The van der Waals surface area contributed by atoms with Gasteiger partial charge in [-0.3, -0.25) is 0 Å². The molecule has 0 spiro atoms. The van der Waals surface area contributed by atoms with E-state index in [0.29, 0.717) is 19.6 Å². The fourth-order valence-electron chi connectivity index (χ4n) is 2.40. The molecule has 1 aromatic rings. The Labute approximate surface area is 141 Å². The van der Waals surface area contributed by atoms with Crippen LogP contribution in [0.15, 0.2) is 26.5 Å². The van der Waals surface area contributed by atoms with E-state index in [1.165, 1.54) is 6.92 Å². The number of rotatable bonds is 7. The van der Waals surface area contributed by atoms with Gasteiger partial charge in [0.25, 0.3) is 0 Å². The summed E-state index contributed by atoms with van der Waals surface area (Å²) in [6.45, 7) is 5.55. The first-order valence-corrected chi connectivity index (χ1v) is 7.92. The molecule has 0 N–H and O–H groups in total. The van der Waals surface area contributed by atoms with E-state index in [1.54, 1.807) is 0 Å². The van der Waals surface area contributed by atoms with Gasteiger partial charge in [-0.2, -0.15) is 0 Å². The Bertz CT molecular complexity index is 871. The highest BCUT2D eigenvalue weighted by atomic mass is 16.6. The molecule has 0 bridgehead atoms. The van der Waals surface area contributed by atoms with E-state index in [4.69, 9.17) is 14.2 Å². The van der Waals surface area contributed by atoms with Crippen LogP contribution in [-0.4, -0.2) is 45.6 Å². The van der Waals surface area contributed by atoms with Crippen LogP contribution >= 0.6 is 0 Å². The zero-order valence-electron chi connectivity index (χ0n) is 13.8. The second kappa shape index (κ2) is 6.81. The molecule has 0 aliphatic carbocycles. The van der Waals surface area contributed by atoms with Crippen LogP contribution < -0.4 is 17.1 Å². The van der Waals surface area contributed by atoms with Gasteiger partial charge in [0.15, 0.2) is 0 Å². The summed E-state index contributed by atoms with van der Waals surface area (Å²) in [6, 6.07) is 0. The molecule has 3 rings (SSSR count). The van der Waals surface area contributed by atoms with Crippen molar-refractivity contribution in [2.75, 3.05) is 19.8 Å². The van der Waals surface area contributed by atoms with Crippen molar-refractivity contribution in [3.63, 3.8) is 0 Å². The molecular weight excluding hydrogens is 334 g/mol. The van der Waals surface area contributed by atoms with Crippen molar-refractivity contribution in [1.29, 1.82) is 0 Å². The molecule has 1 aromatic heterocycles. The van der Waals surface area contributed by atoms with Crippen molar-refractivity contribution < 1.29 is 19.0 Å². The lowest BCUT2D eigenvalue weighted by molar-refractivity contribution is -0.139. The highest BCUT2D eigenvalue weighted by Crippen LogP contribution is 2.19. The van der Waals surface area contributed by atoms with Gasteiger partial charge in [0.1, 0.15) is 12.8 Å². The van der Waals surface area contributed by atoms with E-state index >= 15 is 0 Å². The average molecular weight is 353 g/mol. The molecule has 10 heteroatoms. The van der Waals surface area contributed by atoms with Crippen LogP contribution in [0.2, 0.25) is 0 Å². The van der Waals surface area contributed by atoms with Crippen molar-refractivity contribution in [3.05, 3.63) is 43.6 Å². The molecule has 2 fully saturated rings. The van der Waals surface area contributed by atoms with Crippen LogP contribution in [0.3, 0.4) is 0 Å². The van der Waals surface area contributed by atoms with Gasteiger partial charge >= 0.3 is 23.0 Å². The Balaban J connectivity index is 1.93. The molecule has 25 heavy (non-hydrogen) atoms. The predicted octanol–water partition coefficient (Wildman–Crippen LogP) is -1.39. The first-order valence-electron chi connectivity index (χ1n) is 7.92. The van der Waals surface area contributed by atoms with Gasteiger partial charge in [-0.05, 0) is 6.92 Å². The quantitative estimate of drug-likeness (QED) is 0.337. The van der Waals surface area contributed by atoms with Crippen molar-refractivity contribution in [1.82, 2.24) is 13.7 Å². The normalized spacial score (nSPS) is 21.5. The number of nitrogens with zero attached hydrogens (tertiary/aromatic N) is 3. The standard InChI is InChI=1S/C15H19N3O7/c1-9(2)12(19)24-6-4-16-13(20)17(7-10-8-25-10)15(22)18(14(16)21)11-3-5-23-11/h10-11H,1,3-8H2,2H3. The van der Waals surface area contributed by atoms with Gasteiger partial charge in [0, 0.05) is 12.0 Å². The number of carbonyl (C=O) groups excluding carboxylic acids is 1. The summed E-state index contributed by atoms with van der Waals surface area (Å²) in [7, 11) is 0. The Morgan fingerprint density at radius 2 is 1.84 bits per heavy atom. The second-order valence-electron chi connectivity index (χ2n) is 5.97. The second-order valence-corrected chi connectivity index (χ2v) is 5.97. The molecule has 2 aliphatic rings. The monoisotopic (exact) mass is 353 g/mol. The van der Waals surface area contributed by atoms with Gasteiger partial charge < -0.3 is 14.2 Å². The van der Waals surface area contributed by atoms with Crippen molar-refractivity contribution in [2.45, 2.75) is 38.8 Å². The minimum atomic E-state index is -0.779. The number of hydrogen-bond donors (Lipinski definition) is 0. The third-order valence-corrected chi connectivity index (χ3v) is 3.98. The van der Waals surface area contributed by atoms with Crippen LogP contribution in [0, 0.1) is 0 Å². The van der Waals surface area contributed by atoms with Crippen molar-refractivity contribution in [3.8, 4) is 0 Å². The summed E-state index contributed by atoms with van der Waals surface area (Å²) < 4.78 is 18.0. The summed E-state index contributed by atoms with van der Waals surface area (Å²) >= 11 is 0. The number of aromatic nitrogens is 3. The topological polar surface area (TPSA) is 114 Å². The first-order chi connectivity index (χ1) is 11.9. The number of carbonyl (C=O) groups is 1. The highest BCUT2D eigenvalue weighted by Gasteiger charge is 2.30. The van der Waals surface area contributed by atoms with E-state index < -0.39 is 29.3 Å². The fraction of sp³-hybridized carbons (Fsp3) is 0.600. The lowest BCUT2D eigenvalue weighted by atomic mass is 10.3. The molecule has 10 nitrogen and oxygen atoms in total. The lowest BCUT2D eigenvalue weighted by Gasteiger charge is -2.28. The molecule has 136 valence electrons. The van der Waals surface area contributed by atoms with Crippen LogP contribution in [0.4, 0.5) is 0 Å². The van der Waals surface area contributed by atoms with Crippen LogP contribution in [0.1, 0.15) is 19.6 Å². The fourth-order valence-corrected chi connectivity index (χ4v) is 2.40. The van der Waals surface area contributed by atoms with Crippen LogP contribution in [0.5, 0.6) is 0 Å². The first kappa shape index (κ1) is 17.4. The molecule has 3 heterocycles. The molecule has 0 saturated carbocycles. The summed E-state index contributed by atoms with van der Waals surface area (Å²) in [6.07, 6.45) is -0.387. The number of ether oxygens (including phenoxy) is 3.